The molecule has 0 aliphatic carbocycles. The van der Waals surface area contributed by atoms with Gasteiger partial charge in [0.1, 0.15) is 0 Å². The summed E-state index contributed by atoms with van der Waals surface area (Å²) >= 11 is 0. The normalized spacial score (nSPS) is 18.8. The van der Waals surface area contributed by atoms with E-state index in [1.165, 1.54) is 13.8 Å². The highest BCUT2D eigenvalue weighted by Gasteiger charge is 2.45. The molecule has 14 nitrogen and oxygen atoms in total. The highest BCUT2D eigenvalue weighted by atomic mass is 16.6. The highest BCUT2D eigenvalue weighted by molar-refractivity contribution is 6.32. The Bertz CT molecular complexity index is 1110. The summed E-state index contributed by atoms with van der Waals surface area (Å²) in [6.07, 6.45) is -2.11. The third-order valence-electron chi connectivity index (χ3n) is 6.50. The van der Waals surface area contributed by atoms with Crippen LogP contribution >= 0.6 is 0 Å². The first-order chi connectivity index (χ1) is 21.7. The monoisotopic (exact) mass is 654 g/mol. The lowest BCUT2D eigenvalue weighted by Crippen LogP contribution is -2.56. The first-order valence-corrected chi connectivity index (χ1v) is 15.3. The first kappa shape index (κ1) is 40.0. The minimum Gasteiger partial charge on any atom is -0.462 e. The number of esters is 6. The molecule has 4 atom stereocenters. The molecular weight excluding hydrogens is 608 g/mol. The molecule has 1 heterocycles. The van der Waals surface area contributed by atoms with Crippen LogP contribution in [-0.2, 0) is 66.7 Å². The molecule has 0 aromatic heterocycles. The number of carbonyl (C=O) groups excluding carboxylic acids is 7. The van der Waals surface area contributed by atoms with E-state index in [2.05, 4.69) is 13.2 Å². The molecule has 1 fully saturated rings. The third-order valence-corrected chi connectivity index (χ3v) is 6.50. The van der Waals surface area contributed by atoms with Gasteiger partial charge >= 0.3 is 35.8 Å². The number of ether oxygens (including phenoxy) is 7. The van der Waals surface area contributed by atoms with E-state index >= 15 is 0 Å². The average molecular weight is 655 g/mol. The second kappa shape index (κ2) is 21.6. The second-order valence-electron chi connectivity index (χ2n) is 10.9. The van der Waals surface area contributed by atoms with Crippen LogP contribution in [0.25, 0.3) is 0 Å². The summed E-state index contributed by atoms with van der Waals surface area (Å²) in [5.74, 6) is -4.63. The maximum atomic E-state index is 12.8. The van der Waals surface area contributed by atoms with Gasteiger partial charge in [-0.1, -0.05) is 13.2 Å². The molecule has 0 saturated carbocycles. The predicted octanol–water partition coefficient (Wildman–Crippen LogP) is 3.02. The van der Waals surface area contributed by atoms with Gasteiger partial charge in [0.05, 0.1) is 32.5 Å². The van der Waals surface area contributed by atoms with E-state index in [1.807, 2.05) is 0 Å². The van der Waals surface area contributed by atoms with Gasteiger partial charge in [-0.2, -0.15) is 0 Å². The van der Waals surface area contributed by atoms with Gasteiger partial charge < -0.3 is 33.2 Å². The van der Waals surface area contributed by atoms with Crippen LogP contribution in [0.1, 0.15) is 85.5 Å². The van der Waals surface area contributed by atoms with Crippen LogP contribution < -0.4 is 0 Å². The number of hydrogen-bond donors (Lipinski definition) is 0. The van der Waals surface area contributed by atoms with Crippen molar-refractivity contribution in [3.8, 4) is 0 Å². The lowest BCUT2D eigenvalue weighted by Gasteiger charge is -2.39. The van der Waals surface area contributed by atoms with Crippen LogP contribution in [0.15, 0.2) is 24.3 Å². The number of ketones is 1. The van der Waals surface area contributed by atoms with E-state index < -0.39 is 66.0 Å². The van der Waals surface area contributed by atoms with Gasteiger partial charge in [0, 0.05) is 37.3 Å². The van der Waals surface area contributed by atoms with E-state index in [0.29, 0.717) is 32.1 Å². The summed E-state index contributed by atoms with van der Waals surface area (Å²) in [6, 6.07) is 0. The van der Waals surface area contributed by atoms with Crippen LogP contribution in [0.2, 0.25) is 0 Å². The number of Topliss-reactive ketones (excluding diaryl/α,β-unsaturated/α-hetero) is 1. The molecule has 0 amide bonds. The van der Waals surface area contributed by atoms with Crippen LogP contribution in [0.3, 0.4) is 0 Å². The molecular formula is C32H46O14. The van der Waals surface area contributed by atoms with E-state index in [9.17, 15) is 33.6 Å². The minimum atomic E-state index is -1.17. The maximum Gasteiger partial charge on any atom is 0.374 e. The van der Waals surface area contributed by atoms with Gasteiger partial charge in [-0.25, -0.2) is 14.4 Å². The highest BCUT2D eigenvalue weighted by Crippen LogP contribution is 2.25. The van der Waals surface area contributed by atoms with E-state index in [-0.39, 0.29) is 63.3 Å². The van der Waals surface area contributed by atoms with Gasteiger partial charge in [0.15, 0.2) is 18.3 Å². The molecule has 0 spiro atoms. The SMILES string of the molecule is C=C(C)C(=O)OCCCCC(=O)O[C@H]1[C@H](OC(=O)CCCCOC(=O)C(=C)C)COC(C)[C@@H]1OC(=O)CCCCOC(=O)C(C)=O. The Morgan fingerprint density at radius 3 is 1.39 bits per heavy atom. The Morgan fingerprint density at radius 2 is 0.978 bits per heavy atom. The fourth-order valence-corrected chi connectivity index (χ4v) is 3.93. The number of hydrogen-bond acceptors (Lipinski definition) is 14. The van der Waals surface area contributed by atoms with Crippen molar-refractivity contribution in [3.63, 3.8) is 0 Å². The number of rotatable bonds is 21. The second-order valence-corrected chi connectivity index (χ2v) is 10.9. The van der Waals surface area contributed by atoms with Gasteiger partial charge in [-0.05, 0) is 59.3 Å². The smallest absolute Gasteiger partial charge is 0.374 e. The largest absolute Gasteiger partial charge is 0.462 e. The molecule has 1 unspecified atom stereocenters. The Hall–Kier alpha value is -4.07. The predicted molar refractivity (Wildman–Crippen MR) is 160 cm³/mol. The quantitative estimate of drug-likeness (QED) is 0.0578. The Labute approximate surface area is 269 Å². The van der Waals surface area contributed by atoms with Crippen molar-refractivity contribution in [1.82, 2.24) is 0 Å². The van der Waals surface area contributed by atoms with Crippen LogP contribution in [0.5, 0.6) is 0 Å². The van der Waals surface area contributed by atoms with Crippen molar-refractivity contribution in [1.29, 1.82) is 0 Å². The van der Waals surface area contributed by atoms with E-state index in [0.717, 1.165) is 6.92 Å². The summed E-state index contributed by atoms with van der Waals surface area (Å²) < 4.78 is 37.4. The zero-order valence-corrected chi connectivity index (χ0v) is 27.1. The number of carbonyl (C=O) groups is 7. The Balaban J connectivity index is 2.78. The molecule has 14 heteroatoms. The zero-order chi connectivity index (χ0) is 34.6. The Kier molecular flexibility index (Phi) is 18.8. The standard InChI is InChI=1S/C32H46O14/c1-20(2)30(37)40-16-10-7-13-25(34)44-24-19-43-23(6)28(45-26(35)14-9-12-18-42-32(39)22(5)33)29(24)46-27(36)15-8-11-17-41-31(38)21(3)4/h23-24,28-29H,1,3,7-19H2,2,4-6H3/t23?,24-,28+,29+/m1/s1. The van der Waals surface area contributed by atoms with Gasteiger partial charge in [-0.3, -0.25) is 19.2 Å². The minimum absolute atomic E-state index is 0.0150. The topological polar surface area (TPSA) is 184 Å². The van der Waals surface area contributed by atoms with Crippen molar-refractivity contribution in [2.45, 2.75) is 110 Å². The fraction of sp³-hybridized carbons (Fsp3) is 0.656. The molecule has 1 rings (SSSR count). The molecule has 0 aromatic rings. The van der Waals surface area contributed by atoms with Crippen LogP contribution in [0.4, 0.5) is 0 Å². The summed E-state index contributed by atoms with van der Waals surface area (Å²) in [7, 11) is 0. The summed E-state index contributed by atoms with van der Waals surface area (Å²) in [6.45, 7) is 12.8. The average Bonchev–Trinajstić information content (AvgIpc) is 2.99. The lowest BCUT2D eigenvalue weighted by molar-refractivity contribution is -0.225. The first-order valence-electron chi connectivity index (χ1n) is 15.3. The molecule has 1 aliphatic heterocycles. The summed E-state index contributed by atoms with van der Waals surface area (Å²) in [4.78, 5) is 83.3. The van der Waals surface area contributed by atoms with Crippen molar-refractivity contribution >= 4 is 41.6 Å². The van der Waals surface area contributed by atoms with Crippen LogP contribution in [-0.4, -0.2) is 92.4 Å². The summed E-state index contributed by atoms with van der Waals surface area (Å²) in [5.41, 5.74) is 0.528. The van der Waals surface area contributed by atoms with E-state index in [1.54, 1.807) is 6.92 Å². The molecule has 1 aliphatic rings. The third kappa shape index (κ3) is 16.3. The van der Waals surface area contributed by atoms with Gasteiger partial charge in [0.25, 0.3) is 0 Å². The summed E-state index contributed by atoms with van der Waals surface area (Å²) in [5, 5.41) is 0. The maximum absolute atomic E-state index is 12.8. The van der Waals surface area contributed by atoms with Crippen molar-refractivity contribution in [2.24, 2.45) is 0 Å². The van der Waals surface area contributed by atoms with Gasteiger partial charge in [-0.15, -0.1) is 0 Å². The fourth-order valence-electron chi connectivity index (χ4n) is 3.93. The molecule has 0 aromatic carbocycles. The molecule has 258 valence electrons. The van der Waals surface area contributed by atoms with Crippen LogP contribution in [0, 0.1) is 0 Å². The number of unbranched alkanes of at least 4 members (excludes halogenated alkanes) is 3. The molecule has 46 heavy (non-hydrogen) atoms. The van der Waals surface area contributed by atoms with Crippen molar-refractivity contribution in [2.75, 3.05) is 26.4 Å². The van der Waals surface area contributed by atoms with Crippen molar-refractivity contribution in [3.05, 3.63) is 24.3 Å². The molecule has 0 N–H and O–H groups in total. The van der Waals surface area contributed by atoms with Crippen molar-refractivity contribution < 1.29 is 66.7 Å². The molecule has 0 bridgehead atoms. The lowest BCUT2D eigenvalue weighted by atomic mass is 10.00. The van der Waals surface area contributed by atoms with E-state index in [4.69, 9.17) is 33.2 Å². The van der Waals surface area contributed by atoms with Gasteiger partial charge in [0.2, 0.25) is 5.78 Å². The molecule has 0 radical (unpaired) electrons. The Morgan fingerprint density at radius 1 is 0.587 bits per heavy atom. The zero-order valence-electron chi connectivity index (χ0n) is 27.1. The molecule has 1 saturated heterocycles.